The van der Waals surface area contributed by atoms with E-state index in [1.807, 2.05) is 4.90 Å². The van der Waals surface area contributed by atoms with Crippen molar-refractivity contribution in [1.82, 2.24) is 9.97 Å². The van der Waals surface area contributed by atoms with Gasteiger partial charge in [0, 0.05) is 25.7 Å². The van der Waals surface area contributed by atoms with E-state index in [1.165, 1.54) is 12.4 Å². The lowest BCUT2D eigenvalue weighted by atomic mass is 10.4. The number of aromatic amines is 1. The lowest BCUT2D eigenvalue weighted by Crippen LogP contribution is -2.31. The minimum Gasteiger partial charge on any atom is -0.355 e. The molecule has 0 saturated heterocycles. The average molecular weight is 196 g/mol. The fraction of sp³-hybridized carbons (Fsp3) is 0.556. The smallest absolute Gasteiger partial charge is 0.252 e. The molecule has 0 fully saturated rings. The maximum atomic E-state index is 11.0. The largest absolute Gasteiger partial charge is 0.355 e. The van der Waals surface area contributed by atoms with Crippen LogP contribution in [0.15, 0.2) is 17.2 Å². The van der Waals surface area contributed by atoms with Crippen LogP contribution in [0.1, 0.15) is 13.3 Å². The van der Waals surface area contributed by atoms with Gasteiger partial charge in [0.1, 0.15) is 5.82 Å². The summed E-state index contributed by atoms with van der Waals surface area (Å²) in [5.41, 5.74) is 5.35. The molecule has 3 N–H and O–H groups in total. The third kappa shape index (κ3) is 2.85. The number of nitrogens with two attached hydrogens (primary N) is 1. The minimum absolute atomic E-state index is 0.131. The van der Waals surface area contributed by atoms with Crippen LogP contribution < -0.4 is 16.2 Å². The van der Waals surface area contributed by atoms with Crippen molar-refractivity contribution in [2.75, 3.05) is 24.5 Å². The van der Waals surface area contributed by atoms with Gasteiger partial charge in [-0.1, -0.05) is 6.92 Å². The molecule has 0 aliphatic heterocycles. The Labute approximate surface area is 83.0 Å². The second-order valence-electron chi connectivity index (χ2n) is 3.05. The number of aromatic nitrogens is 2. The number of nitrogens with one attached hydrogen (secondary N) is 1. The molecule has 0 aliphatic carbocycles. The summed E-state index contributed by atoms with van der Waals surface area (Å²) in [5, 5.41) is 0. The maximum absolute atomic E-state index is 11.0. The third-order valence-corrected chi connectivity index (χ3v) is 1.88. The first-order valence-corrected chi connectivity index (χ1v) is 4.77. The van der Waals surface area contributed by atoms with Crippen LogP contribution in [0, 0.1) is 0 Å². The van der Waals surface area contributed by atoms with Crippen LogP contribution in [0.4, 0.5) is 5.82 Å². The number of H-pyrrole nitrogens is 1. The zero-order valence-corrected chi connectivity index (χ0v) is 8.36. The molecule has 0 atom stereocenters. The Morgan fingerprint density at radius 2 is 2.36 bits per heavy atom. The Hall–Kier alpha value is -1.36. The molecule has 1 aromatic heterocycles. The molecule has 1 heterocycles. The molecule has 5 nitrogen and oxygen atoms in total. The van der Waals surface area contributed by atoms with Crippen molar-refractivity contribution in [3.05, 3.63) is 22.7 Å². The molecule has 0 bridgehead atoms. The number of rotatable bonds is 5. The predicted octanol–water partition coefficient (Wildman–Crippen LogP) is -0.0550. The molecule has 1 aromatic rings. The Morgan fingerprint density at radius 3 is 2.93 bits per heavy atom. The summed E-state index contributed by atoms with van der Waals surface area (Å²) in [6, 6.07) is 1.49. The summed E-state index contributed by atoms with van der Waals surface area (Å²) in [7, 11) is 0. The SMILES string of the molecule is CCCN(CCN)c1cc(=O)[nH]cn1. The van der Waals surface area contributed by atoms with Crippen molar-refractivity contribution in [3.8, 4) is 0 Å². The topological polar surface area (TPSA) is 75.0 Å². The zero-order valence-electron chi connectivity index (χ0n) is 8.36. The molecule has 78 valence electrons. The lowest BCUT2D eigenvalue weighted by Gasteiger charge is -2.21. The van der Waals surface area contributed by atoms with Gasteiger partial charge < -0.3 is 15.6 Å². The second-order valence-corrected chi connectivity index (χ2v) is 3.05. The highest BCUT2D eigenvalue weighted by Gasteiger charge is 2.05. The Balaban J connectivity index is 2.81. The molecular formula is C9H16N4O. The van der Waals surface area contributed by atoms with Crippen molar-refractivity contribution < 1.29 is 0 Å². The van der Waals surface area contributed by atoms with E-state index in [9.17, 15) is 4.79 Å². The van der Waals surface area contributed by atoms with Crippen molar-refractivity contribution >= 4 is 5.82 Å². The fourth-order valence-corrected chi connectivity index (χ4v) is 1.30. The molecule has 0 saturated carbocycles. The van der Waals surface area contributed by atoms with Crippen LogP contribution in [0.2, 0.25) is 0 Å². The molecule has 0 aromatic carbocycles. The van der Waals surface area contributed by atoms with Gasteiger partial charge in [-0.3, -0.25) is 4.79 Å². The van der Waals surface area contributed by atoms with Gasteiger partial charge in [0.15, 0.2) is 0 Å². The molecule has 1 rings (SSSR count). The van der Waals surface area contributed by atoms with Crippen molar-refractivity contribution in [3.63, 3.8) is 0 Å². The van der Waals surface area contributed by atoms with Crippen LogP contribution >= 0.6 is 0 Å². The van der Waals surface area contributed by atoms with Gasteiger partial charge in [0.05, 0.1) is 6.33 Å². The first-order valence-electron chi connectivity index (χ1n) is 4.77. The quantitative estimate of drug-likeness (QED) is 0.692. The molecule has 0 unspecified atom stereocenters. The molecule has 0 aliphatic rings. The van der Waals surface area contributed by atoms with E-state index in [4.69, 9.17) is 5.73 Å². The van der Waals surface area contributed by atoms with E-state index in [1.54, 1.807) is 0 Å². The highest BCUT2D eigenvalue weighted by atomic mass is 16.1. The first-order chi connectivity index (χ1) is 6.77. The zero-order chi connectivity index (χ0) is 10.4. The Morgan fingerprint density at radius 1 is 1.57 bits per heavy atom. The van der Waals surface area contributed by atoms with E-state index in [-0.39, 0.29) is 5.56 Å². The van der Waals surface area contributed by atoms with Gasteiger partial charge >= 0.3 is 0 Å². The number of hydrogen-bond acceptors (Lipinski definition) is 4. The standard InChI is InChI=1S/C9H16N4O/c1-2-4-13(5-3-10)8-6-9(14)12-7-11-8/h6-7H,2-5,10H2,1H3,(H,11,12,14). The van der Waals surface area contributed by atoms with Gasteiger partial charge in [-0.05, 0) is 6.42 Å². The fourth-order valence-electron chi connectivity index (χ4n) is 1.30. The molecule has 0 amide bonds. The van der Waals surface area contributed by atoms with Crippen LogP contribution in [-0.2, 0) is 0 Å². The van der Waals surface area contributed by atoms with E-state index in [0.717, 1.165) is 19.5 Å². The predicted molar refractivity (Wildman–Crippen MR) is 56.4 cm³/mol. The number of hydrogen-bond donors (Lipinski definition) is 2. The first kappa shape index (κ1) is 10.7. The van der Waals surface area contributed by atoms with Crippen LogP contribution in [-0.4, -0.2) is 29.6 Å². The third-order valence-electron chi connectivity index (χ3n) is 1.88. The van der Waals surface area contributed by atoms with Crippen molar-refractivity contribution in [1.29, 1.82) is 0 Å². The molecular weight excluding hydrogens is 180 g/mol. The molecule has 0 spiro atoms. The van der Waals surface area contributed by atoms with Gasteiger partial charge in [-0.25, -0.2) is 4.98 Å². The van der Waals surface area contributed by atoms with Crippen LogP contribution in [0.25, 0.3) is 0 Å². The van der Waals surface area contributed by atoms with Crippen molar-refractivity contribution in [2.45, 2.75) is 13.3 Å². The number of nitrogens with zero attached hydrogens (tertiary/aromatic N) is 2. The van der Waals surface area contributed by atoms with Gasteiger partial charge in [0.25, 0.3) is 5.56 Å². The van der Waals surface area contributed by atoms with Crippen LogP contribution in [0.5, 0.6) is 0 Å². The van der Waals surface area contributed by atoms with Gasteiger partial charge in [-0.15, -0.1) is 0 Å². The minimum atomic E-state index is -0.131. The maximum Gasteiger partial charge on any atom is 0.252 e. The Kier molecular flexibility index (Phi) is 4.12. The average Bonchev–Trinajstić information content (AvgIpc) is 2.17. The van der Waals surface area contributed by atoms with Gasteiger partial charge in [-0.2, -0.15) is 0 Å². The van der Waals surface area contributed by atoms with E-state index in [2.05, 4.69) is 16.9 Å². The van der Waals surface area contributed by atoms with E-state index >= 15 is 0 Å². The van der Waals surface area contributed by atoms with Crippen molar-refractivity contribution in [2.24, 2.45) is 5.73 Å². The number of anilines is 1. The monoisotopic (exact) mass is 196 g/mol. The summed E-state index contributed by atoms with van der Waals surface area (Å²) >= 11 is 0. The summed E-state index contributed by atoms with van der Waals surface area (Å²) < 4.78 is 0. The van der Waals surface area contributed by atoms with Crippen LogP contribution in [0.3, 0.4) is 0 Å². The van der Waals surface area contributed by atoms with Gasteiger partial charge in [0.2, 0.25) is 0 Å². The lowest BCUT2D eigenvalue weighted by molar-refractivity contribution is 0.748. The second kappa shape index (κ2) is 5.39. The van der Waals surface area contributed by atoms with E-state index in [0.29, 0.717) is 12.4 Å². The van der Waals surface area contributed by atoms with E-state index < -0.39 is 0 Å². The molecule has 14 heavy (non-hydrogen) atoms. The summed E-state index contributed by atoms with van der Waals surface area (Å²) in [5.74, 6) is 0.695. The summed E-state index contributed by atoms with van der Waals surface area (Å²) in [4.78, 5) is 19.6. The highest BCUT2D eigenvalue weighted by Crippen LogP contribution is 2.05. The Bertz CT molecular complexity index is 317. The molecule has 0 radical (unpaired) electrons. The normalized spacial score (nSPS) is 10.1. The summed E-state index contributed by atoms with van der Waals surface area (Å²) in [6.07, 6.45) is 2.42. The molecule has 5 heteroatoms. The summed E-state index contributed by atoms with van der Waals surface area (Å²) in [6.45, 7) is 4.24. The highest BCUT2D eigenvalue weighted by molar-refractivity contribution is 5.36.